The summed E-state index contributed by atoms with van der Waals surface area (Å²) in [6, 6.07) is 0. The quantitative estimate of drug-likeness (QED) is 0.113. The van der Waals surface area contributed by atoms with Gasteiger partial charge in [0.15, 0.2) is 0 Å². The van der Waals surface area contributed by atoms with Crippen molar-refractivity contribution >= 4 is 12.1 Å². The van der Waals surface area contributed by atoms with Crippen LogP contribution in [0.5, 0.6) is 0 Å². The van der Waals surface area contributed by atoms with Gasteiger partial charge in [-0.1, -0.05) is 5.11 Å². The highest BCUT2D eigenvalue weighted by Gasteiger charge is 2.21. The summed E-state index contributed by atoms with van der Waals surface area (Å²) in [4.78, 5) is 26.9. The number of amides is 1. The van der Waals surface area contributed by atoms with E-state index in [1.807, 2.05) is 0 Å². The standard InChI is InChI=1S/C20H38N4O9/c1-20(2,3)33-19(27)24(6-10-30-14-13-29-9-5-22-23-21)7-11-31-15-17-32-16-12-28-8-4-18(25)26/h4-17H2,1-3H3,(H,25,26). The second-order valence-electron chi connectivity index (χ2n) is 7.63. The minimum atomic E-state index is -0.899. The molecule has 0 saturated heterocycles. The van der Waals surface area contributed by atoms with Crippen LogP contribution in [0.2, 0.25) is 0 Å². The van der Waals surface area contributed by atoms with E-state index >= 15 is 0 Å². The summed E-state index contributed by atoms with van der Waals surface area (Å²) < 4.78 is 32.1. The Balaban J connectivity index is 3.98. The van der Waals surface area contributed by atoms with Crippen LogP contribution in [0, 0.1) is 0 Å². The topological polar surface area (TPSA) is 162 Å². The van der Waals surface area contributed by atoms with E-state index in [0.29, 0.717) is 72.6 Å². The number of rotatable bonds is 21. The number of azide groups is 1. The van der Waals surface area contributed by atoms with Gasteiger partial charge in [0.1, 0.15) is 5.60 Å². The number of carbonyl (C=O) groups excluding carboxylic acids is 1. The average molecular weight is 479 g/mol. The lowest BCUT2D eigenvalue weighted by Gasteiger charge is -2.27. The summed E-state index contributed by atoms with van der Waals surface area (Å²) in [5.41, 5.74) is 7.56. The van der Waals surface area contributed by atoms with Crippen LogP contribution in [0.4, 0.5) is 4.79 Å². The summed E-state index contributed by atoms with van der Waals surface area (Å²) in [6.45, 7) is 9.52. The molecule has 0 aromatic carbocycles. The third-order valence-corrected chi connectivity index (χ3v) is 3.64. The van der Waals surface area contributed by atoms with Crippen molar-refractivity contribution in [2.75, 3.05) is 85.7 Å². The van der Waals surface area contributed by atoms with Crippen LogP contribution in [-0.4, -0.2) is 113 Å². The molecule has 1 N–H and O–H groups in total. The first-order chi connectivity index (χ1) is 15.8. The smallest absolute Gasteiger partial charge is 0.410 e. The fourth-order valence-electron chi connectivity index (χ4n) is 2.14. The highest BCUT2D eigenvalue weighted by Crippen LogP contribution is 2.10. The normalized spacial score (nSPS) is 11.1. The number of carbonyl (C=O) groups is 2. The van der Waals surface area contributed by atoms with Crippen LogP contribution in [-0.2, 0) is 33.2 Å². The third-order valence-electron chi connectivity index (χ3n) is 3.64. The van der Waals surface area contributed by atoms with Crippen molar-refractivity contribution in [3.8, 4) is 0 Å². The van der Waals surface area contributed by atoms with Gasteiger partial charge in [-0.15, -0.1) is 0 Å². The molecule has 13 nitrogen and oxygen atoms in total. The maximum Gasteiger partial charge on any atom is 0.410 e. The van der Waals surface area contributed by atoms with E-state index in [1.165, 1.54) is 4.90 Å². The Labute approximate surface area is 194 Å². The lowest BCUT2D eigenvalue weighted by atomic mass is 10.2. The highest BCUT2D eigenvalue weighted by molar-refractivity contribution is 5.68. The van der Waals surface area contributed by atoms with Crippen LogP contribution in [0.15, 0.2) is 5.11 Å². The summed E-state index contributed by atoms with van der Waals surface area (Å²) in [7, 11) is 0. The van der Waals surface area contributed by atoms with Gasteiger partial charge in [0, 0.05) is 24.5 Å². The van der Waals surface area contributed by atoms with E-state index in [2.05, 4.69) is 10.0 Å². The molecule has 0 aromatic heterocycles. The largest absolute Gasteiger partial charge is 0.481 e. The number of carboxylic acid groups (broad SMARTS) is 1. The Morgan fingerprint density at radius 3 is 1.73 bits per heavy atom. The van der Waals surface area contributed by atoms with Gasteiger partial charge >= 0.3 is 12.1 Å². The van der Waals surface area contributed by atoms with Crippen molar-refractivity contribution < 1.29 is 43.1 Å². The fourth-order valence-corrected chi connectivity index (χ4v) is 2.14. The minimum absolute atomic E-state index is 0.0328. The molecular formula is C20H38N4O9. The summed E-state index contributed by atoms with van der Waals surface area (Å²) in [5, 5.41) is 11.9. The van der Waals surface area contributed by atoms with Gasteiger partial charge in [0.05, 0.1) is 72.5 Å². The van der Waals surface area contributed by atoms with E-state index < -0.39 is 17.7 Å². The van der Waals surface area contributed by atoms with Crippen molar-refractivity contribution in [2.24, 2.45) is 5.11 Å². The van der Waals surface area contributed by atoms with Crippen molar-refractivity contribution in [3.05, 3.63) is 10.4 Å². The van der Waals surface area contributed by atoms with Crippen molar-refractivity contribution in [1.82, 2.24) is 4.90 Å². The van der Waals surface area contributed by atoms with Crippen molar-refractivity contribution in [3.63, 3.8) is 0 Å². The number of hydrogen-bond acceptors (Lipinski definition) is 9. The fraction of sp³-hybridized carbons (Fsp3) is 0.900. The average Bonchev–Trinajstić information content (AvgIpc) is 2.73. The molecule has 0 aromatic rings. The molecule has 0 rings (SSSR count). The minimum Gasteiger partial charge on any atom is -0.481 e. The zero-order valence-electron chi connectivity index (χ0n) is 19.9. The van der Waals surface area contributed by atoms with Crippen LogP contribution in [0.3, 0.4) is 0 Å². The molecule has 0 saturated carbocycles. The van der Waals surface area contributed by atoms with Gasteiger partial charge in [-0.3, -0.25) is 4.79 Å². The predicted octanol–water partition coefficient (Wildman–Crippen LogP) is 2.09. The first-order valence-corrected chi connectivity index (χ1v) is 10.9. The Morgan fingerprint density at radius 1 is 0.818 bits per heavy atom. The van der Waals surface area contributed by atoms with Crippen LogP contribution in [0.25, 0.3) is 10.4 Å². The molecule has 0 spiro atoms. The summed E-state index contributed by atoms with van der Waals surface area (Å²) in [6.07, 6.45) is -0.482. The lowest BCUT2D eigenvalue weighted by molar-refractivity contribution is -0.138. The third kappa shape index (κ3) is 22.8. The van der Waals surface area contributed by atoms with E-state index in [4.69, 9.17) is 39.1 Å². The van der Waals surface area contributed by atoms with E-state index in [-0.39, 0.29) is 19.6 Å². The lowest BCUT2D eigenvalue weighted by Crippen LogP contribution is -2.40. The molecule has 0 aliphatic heterocycles. The molecule has 33 heavy (non-hydrogen) atoms. The maximum absolute atomic E-state index is 12.4. The first kappa shape index (κ1) is 30.9. The van der Waals surface area contributed by atoms with Gasteiger partial charge in [-0.2, -0.15) is 0 Å². The Hall–Kier alpha value is -2.15. The molecular weight excluding hydrogens is 440 g/mol. The van der Waals surface area contributed by atoms with Gasteiger partial charge in [0.25, 0.3) is 0 Å². The van der Waals surface area contributed by atoms with Gasteiger partial charge < -0.3 is 38.4 Å². The molecule has 0 unspecified atom stereocenters. The molecule has 13 heteroatoms. The number of carboxylic acids is 1. The number of nitrogens with zero attached hydrogens (tertiary/aromatic N) is 4. The molecule has 0 fully saturated rings. The van der Waals surface area contributed by atoms with Crippen LogP contribution < -0.4 is 0 Å². The molecule has 192 valence electrons. The molecule has 0 heterocycles. The van der Waals surface area contributed by atoms with Gasteiger partial charge in [-0.25, -0.2) is 4.79 Å². The second kappa shape index (κ2) is 20.5. The molecule has 0 aliphatic carbocycles. The Morgan fingerprint density at radius 2 is 1.27 bits per heavy atom. The second-order valence-corrected chi connectivity index (χ2v) is 7.63. The molecule has 1 amide bonds. The van der Waals surface area contributed by atoms with E-state index in [1.54, 1.807) is 20.8 Å². The number of ether oxygens (including phenoxy) is 6. The number of hydrogen-bond donors (Lipinski definition) is 1. The van der Waals surface area contributed by atoms with Crippen LogP contribution in [0.1, 0.15) is 27.2 Å². The van der Waals surface area contributed by atoms with Crippen LogP contribution >= 0.6 is 0 Å². The summed E-state index contributed by atoms with van der Waals surface area (Å²) >= 11 is 0. The van der Waals surface area contributed by atoms with Crippen molar-refractivity contribution in [2.45, 2.75) is 32.8 Å². The highest BCUT2D eigenvalue weighted by atomic mass is 16.6. The zero-order valence-corrected chi connectivity index (χ0v) is 19.9. The molecule has 0 bridgehead atoms. The number of aliphatic carboxylic acids is 1. The Kier molecular flexibility index (Phi) is 19.1. The summed E-state index contributed by atoms with van der Waals surface area (Å²) in [5.74, 6) is -0.899. The zero-order chi connectivity index (χ0) is 24.8. The molecule has 0 aliphatic rings. The maximum atomic E-state index is 12.4. The van der Waals surface area contributed by atoms with Crippen molar-refractivity contribution in [1.29, 1.82) is 0 Å². The van der Waals surface area contributed by atoms with E-state index in [9.17, 15) is 9.59 Å². The molecule has 0 radical (unpaired) electrons. The monoisotopic (exact) mass is 478 g/mol. The molecule has 0 atom stereocenters. The van der Waals surface area contributed by atoms with Gasteiger partial charge in [-0.05, 0) is 26.3 Å². The first-order valence-electron chi connectivity index (χ1n) is 10.9. The Bertz CT molecular complexity index is 566. The van der Waals surface area contributed by atoms with E-state index in [0.717, 1.165) is 0 Å². The SMILES string of the molecule is CC(C)(C)OC(=O)N(CCOCCOCCN=[N+]=[N-])CCOCCOCCOCCC(=O)O. The van der Waals surface area contributed by atoms with Gasteiger partial charge in [0.2, 0.25) is 0 Å². The predicted molar refractivity (Wildman–Crippen MR) is 118 cm³/mol.